The van der Waals surface area contributed by atoms with Gasteiger partial charge in [-0.1, -0.05) is 6.07 Å². The van der Waals surface area contributed by atoms with Crippen molar-refractivity contribution in [1.82, 2.24) is 10.2 Å². The van der Waals surface area contributed by atoms with Crippen molar-refractivity contribution in [2.75, 3.05) is 26.2 Å². The van der Waals surface area contributed by atoms with Gasteiger partial charge in [0.25, 0.3) is 0 Å². The molecule has 0 radical (unpaired) electrons. The van der Waals surface area contributed by atoms with Crippen molar-refractivity contribution in [2.24, 2.45) is 0 Å². The Bertz CT molecular complexity index is 263. The normalized spacial score (nSPS) is 21.1. The van der Waals surface area contributed by atoms with Crippen LogP contribution in [0.25, 0.3) is 0 Å². The first-order valence-electron chi connectivity index (χ1n) is 5.83. The zero-order valence-electron chi connectivity index (χ0n) is 9.41. The fourth-order valence-corrected chi connectivity index (χ4v) is 2.98. The Kier molecular flexibility index (Phi) is 4.18. The number of rotatable bonds is 3. The summed E-state index contributed by atoms with van der Waals surface area (Å²) in [5.41, 5.74) is 0. The van der Waals surface area contributed by atoms with E-state index < -0.39 is 0 Å². The summed E-state index contributed by atoms with van der Waals surface area (Å²) in [6, 6.07) is 5.08. The van der Waals surface area contributed by atoms with Crippen molar-refractivity contribution in [3.63, 3.8) is 0 Å². The third-order valence-electron chi connectivity index (χ3n) is 3.07. The third-order valence-corrected chi connectivity index (χ3v) is 3.97. The van der Waals surface area contributed by atoms with Crippen molar-refractivity contribution in [3.05, 3.63) is 22.4 Å². The molecule has 1 aromatic rings. The molecule has 1 fully saturated rings. The van der Waals surface area contributed by atoms with E-state index in [2.05, 4.69) is 34.7 Å². The van der Waals surface area contributed by atoms with Gasteiger partial charge in [-0.2, -0.15) is 0 Å². The van der Waals surface area contributed by atoms with E-state index in [1.165, 1.54) is 37.4 Å². The van der Waals surface area contributed by atoms with Crippen molar-refractivity contribution in [1.29, 1.82) is 0 Å². The predicted molar refractivity (Wildman–Crippen MR) is 66.5 cm³/mol. The SMILES string of the molecule is CC(Cc1cccs1)N1CCCNCC1. The number of hydrogen-bond acceptors (Lipinski definition) is 3. The molecule has 2 nitrogen and oxygen atoms in total. The van der Waals surface area contributed by atoms with E-state index in [0.29, 0.717) is 6.04 Å². The van der Waals surface area contributed by atoms with E-state index in [1.54, 1.807) is 0 Å². The van der Waals surface area contributed by atoms with Crippen molar-refractivity contribution in [3.8, 4) is 0 Å². The van der Waals surface area contributed by atoms with E-state index in [-0.39, 0.29) is 0 Å². The molecule has 0 amide bonds. The summed E-state index contributed by atoms with van der Waals surface area (Å²) < 4.78 is 0. The van der Waals surface area contributed by atoms with Gasteiger partial charge in [-0.15, -0.1) is 11.3 Å². The highest BCUT2D eigenvalue weighted by Crippen LogP contribution is 2.14. The molecule has 1 saturated heterocycles. The number of nitrogens with zero attached hydrogens (tertiary/aromatic N) is 1. The molecule has 1 aliphatic rings. The lowest BCUT2D eigenvalue weighted by Crippen LogP contribution is -2.37. The first-order valence-corrected chi connectivity index (χ1v) is 6.71. The minimum absolute atomic E-state index is 0.684. The number of thiophene rings is 1. The molecule has 15 heavy (non-hydrogen) atoms. The molecular formula is C12H20N2S. The highest BCUT2D eigenvalue weighted by Gasteiger charge is 2.15. The lowest BCUT2D eigenvalue weighted by molar-refractivity contribution is 0.222. The molecule has 0 aliphatic carbocycles. The summed E-state index contributed by atoms with van der Waals surface area (Å²) in [4.78, 5) is 4.12. The Hall–Kier alpha value is -0.380. The first kappa shape index (κ1) is 11.1. The summed E-state index contributed by atoms with van der Waals surface area (Å²) in [6.45, 7) is 7.13. The Morgan fingerprint density at radius 2 is 2.40 bits per heavy atom. The van der Waals surface area contributed by atoms with E-state index in [4.69, 9.17) is 0 Å². The Balaban J connectivity index is 1.86. The minimum atomic E-state index is 0.684. The fourth-order valence-electron chi connectivity index (χ4n) is 2.16. The van der Waals surface area contributed by atoms with Gasteiger partial charge in [0.15, 0.2) is 0 Å². The maximum atomic E-state index is 3.45. The van der Waals surface area contributed by atoms with Gasteiger partial charge in [0, 0.05) is 24.0 Å². The van der Waals surface area contributed by atoms with Gasteiger partial charge in [-0.05, 0) is 44.3 Å². The average Bonchev–Trinajstić information content (AvgIpc) is 2.58. The van der Waals surface area contributed by atoms with Gasteiger partial charge in [0.2, 0.25) is 0 Å². The molecule has 1 aromatic heterocycles. The van der Waals surface area contributed by atoms with Gasteiger partial charge >= 0.3 is 0 Å². The highest BCUT2D eigenvalue weighted by atomic mass is 32.1. The molecule has 0 saturated carbocycles. The second-order valence-corrected chi connectivity index (χ2v) is 5.30. The lowest BCUT2D eigenvalue weighted by Gasteiger charge is -2.26. The molecule has 0 spiro atoms. The van der Waals surface area contributed by atoms with Gasteiger partial charge in [0.05, 0.1) is 0 Å². The Labute approximate surface area is 96.3 Å². The summed E-state index contributed by atoms with van der Waals surface area (Å²) in [6.07, 6.45) is 2.49. The summed E-state index contributed by atoms with van der Waals surface area (Å²) in [7, 11) is 0. The van der Waals surface area contributed by atoms with Crippen LogP contribution < -0.4 is 5.32 Å². The van der Waals surface area contributed by atoms with Crippen LogP contribution in [0.4, 0.5) is 0 Å². The van der Waals surface area contributed by atoms with Crippen LogP contribution in [0.3, 0.4) is 0 Å². The molecule has 2 rings (SSSR count). The molecular weight excluding hydrogens is 204 g/mol. The van der Waals surface area contributed by atoms with Gasteiger partial charge in [-0.3, -0.25) is 4.90 Å². The van der Waals surface area contributed by atoms with E-state index in [0.717, 1.165) is 6.54 Å². The van der Waals surface area contributed by atoms with Crippen LogP contribution in [0.1, 0.15) is 18.2 Å². The minimum Gasteiger partial charge on any atom is -0.315 e. The van der Waals surface area contributed by atoms with E-state index >= 15 is 0 Å². The Morgan fingerprint density at radius 3 is 3.20 bits per heavy atom. The predicted octanol–water partition coefficient (Wildman–Crippen LogP) is 1.97. The zero-order valence-corrected chi connectivity index (χ0v) is 10.2. The average molecular weight is 224 g/mol. The van der Waals surface area contributed by atoms with Crippen LogP contribution in [0.15, 0.2) is 17.5 Å². The van der Waals surface area contributed by atoms with Crippen molar-refractivity contribution in [2.45, 2.75) is 25.8 Å². The summed E-state index contributed by atoms with van der Waals surface area (Å²) in [5.74, 6) is 0. The number of hydrogen-bond donors (Lipinski definition) is 1. The maximum Gasteiger partial charge on any atom is 0.0116 e. The molecule has 1 aliphatic heterocycles. The van der Waals surface area contributed by atoms with E-state index in [1.807, 2.05) is 11.3 Å². The van der Waals surface area contributed by atoms with Gasteiger partial charge in [0.1, 0.15) is 0 Å². The van der Waals surface area contributed by atoms with Crippen LogP contribution in [-0.4, -0.2) is 37.1 Å². The molecule has 1 atom stereocenters. The van der Waals surface area contributed by atoms with Crippen molar-refractivity contribution >= 4 is 11.3 Å². The summed E-state index contributed by atoms with van der Waals surface area (Å²) >= 11 is 1.88. The van der Waals surface area contributed by atoms with Crippen molar-refractivity contribution < 1.29 is 0 Å². The largest absolute Gasteiger partial charge is 0.315 e. The van der Waals surface area contributed by atoms with Gasteiger partial charge in [-0.25, -0.2) is 0 Å². The van der Waals surface area contributed by atoms with Crippen LogP contribution in [0.2, 0.25) is 0 Å². The topological polar surface area (TPSA) is 15.3 Å². The second-order valence-electron chi connectivity index (χ2n) is 4.27. The third kappa shape index (κ3) is 3.30. The highest BCUT2D eigenvalue weighted by molar-refractivity contribution is 7.09. The molecule has 0 bridgehead atoms. The van der Waals surface area contributed by atoms with Crippen LogP contribution in [0, 0.1) is 0 Å². The standard InChI is InChI=1S/C12H20N2S/c1-11(10-12-4-2-9-15-12)14-7-3-5-13-6-8-14/h2,4,9,11,13H,3,5-8,10H2,1H3. The molecule has 84 valence electrons. The Morgan fingerprint density at radius 1 is 1.47 bits per heavy atom. The molecule has 2 heterocycles. The molecule has 1 unspecified atom stereocenters. The quantitative estimate of drug-likeness (QED) is 0.844. The monoisotopic (exact) mass is 224 g/mol. The molecule has 3 heteroatoms. The second kappa shape index (κ2) is 5.64. The number of nitrogens with one attached hydrogen (secondary N) is 1. The summed E-state index contributed by atoms with van der Waals surface area (Å²) in [5, 5.41) is 5.62. The van der Waals surface area contributed by atoms with E-state index in [9.17, 15) is 0 Å². The fraction of sp³-hybridized carbons (Fsp3) is 0.667. The molecule has 1 N–H and O–H groups in total. The van der Waals surface area contributed by atoms with Crippen LogP contribution in [-0.2, 0) is 6.42 Å². The maximum absolute atomic E-state index is 3.45. The van der Waals surface area contributed by atoms with Crippen LogP contribution >= 0.6 is 11.3 Å². The lowest BCUT2D eigenvalue weighted by atomic mass is 10.1. The first-order chi connectivity index (χ1) is 7.36. The van der Waals surface area contributed by atoms with Gasteiger partial charge < -0.3 is 5.32 Å². The van der Waals surface area contributed by atoms with Crippen LogP contribution in [0.5, 0.6) is 0 Å². The zero-order chi connectivity index (χ0) is 10.5. The smallest absolute Gasteiger partial charge is 0.0116 e. The molecule has 0 aromatic carbocycles.